The van der Waals surface area contributed by atoms with Crippen LogP contribution >= 0.6 is 0 Å². The Kier molecular flexibility index (Phi) is 4.69. The number of hydrogen-bond donors (Lipinski definition) is 3. The Morgan fingerprint density at radius 1 is 1.19 bits per heavy atom. The second-order valence-corrected chi connectivity index (χ2v) is 6.70. The molecule has 1 fully saturated rings. The van der Waals surface area contributed by atoms with E-state index in [1.54, 1.807) is 0 Å². The number of nitrogens with zero attached hydrogens (tertiary/aromatic N) is 1. The molecule has 116 valence electrons. The SMILES string of the molecule is Nc1ccc(NS(=O)(=O)N2CCCCCC2)c(C(=O)O)c1. The minimum Gasteiger partial charge on any atom is -0.478 e. The van der Waals surface area contributed by atoms with Gasteiger partial charge >= 0.3 is 16.2 Å². The van der Waals surface area contributed by atoms with Crippen molar-refractivity contribution in [2.24, 2.45) is 0 Å². The van der Waals surface area contributed by atoms with Crippen molar-refractivity contribution in [3.63, 3.8) is 0 Å². The molecular formula is C13H19N3O4S. The summed E-state index contributed by atoms with van der Waals surface area (Å²) in [5.74, 6) is -1.23. The van der Waals surface area contributed by atoms with E-state index in [-0.39, 0.29) is 16.9 Å². The Balaban J connectivity index is 2.25. The van der Waals surface area contributed by atoms with Crippen molar-refractivity contribution in [2.75, 3.05) is 23.5 Å². The van der Waals surface area contributed by atoms with Crippen LogP contribution in [0.15, 0.2) is 18.2 Å². The minimum atomic E-state index is -3.75. The lowest BCUT2D eigenvalue weighted by atomic mass is 10.1. The Morgan fingerprint density at radius 2 is 1.81 bits per heavy atom. The molecule has 0 spiro atoms. The van der Waals surface area contributed by atoms with E-state index in [1.165, 1.54) is 22.5 Å². The highest BCUT2D eigenvalue weighted by atomic mass is 32.2. The van der Waals surface area contributed by atoms with Crippen molar-refractivity contribution in [3.05, 3.63) is 23.8 Å². The maximum atomic E-state index is 12.4. The van der Waals surface area contributed by atoms with Crippen molar-refractivity contribution in [1.82, 2.24) is 4.31 Å². The monoisotopic (exact) mass is 313 g/mol. The fraction of sp³-hybridized carbons (Fsp3) is 0.462. The predicted octanol–water partition coefficient (Wildman–Crippen LogP) is 1.50. The Labute approximate surface area is 123 Å². The van der Waals surface area contributed by atoms with Gasteiger partial charge in [-0.1, -0.05) is 12.8 Å². The zero-order valence-electron chi connectivity index (χ0n) is 11.6. The summed E-state index contributed by atoms with van der Waals surface area (Å²) in [5, 5.41) is 9.14. The van der Waals surface area contributed by atoms with Crippen molar-refractivity contribution in [1.29, 1.82) is 0 Å². The van der Waals surface area contributed by atoms with Gasteiger partial charge < -0.3 is 10.8 Å². The first-order valence-corrected chi connectivity index (χ1v) is 8.25. The van der Waals surface area contributed by atoms with Crippen LogP contribution in [0, 0.1) is 0 Å². The summed E-state index contributed by atoms with van der Waals surface area (Å²) in [6.45, 7) is 0.902. The summed E-state index contributed by atoms with van der Waals surface area (Å²) < 4.78 is 28.4. The number of nitrogens with one attached hydrogen (secondary N) is 1. The average Bonchev–Trinajstić information content (AvgIpc) is 2.70. The zero-order valence-corrected chi connectivity index (χ0v) is 12.4. The normalized spacial score (nSPS) is 17.1. The van der Waals surface area contributed by atoms with Crippen molar-refractivity contribution >= 4 is 27.6 Å². The van der Waals surface area contributed by atoms with Crippen molar-refractivity contribution < 1.29 is 18.3 Å². The van der Waals surface area contributed by atoms with Gasteiger partial charge in [0.05, 0.1) is 11.3 Å². The van der Waals surface area contributed by atoms with Crippen LogP contribution < -0.4 is 10.5 Å². The quantitative estimate of drug-likeness (QED) is 0.729. The first-order valence-electron chi connectivity index (χ1n) is 6.81. The smallest absolute Gasteiger partial charge is 0.337 e. The molecule has 0 aromatic heterocycles. The van der Waals surface area contributed by atoms with Crippen LogP contribution in [-0.2, 0) is 10.2 Å². The van der Waals surface area contributed by atoms with Gasteiger partial charge in [0.25, 0.3) is 0 Å². The van der Waals surface area contributed by atoms with Crippen LogP contribution in [0.1, 0.15) is 36.0 Å². The Morgan fingerprint density at radius 3 is 2.38 bits per heavy atom. The fourth-order valence-electron chi connectivity index (χ4n) is 2.31. The van der Waals surface area contributed by atoms with Crippen LogP contribution in [0.2, 0.25) is 0 Å². The molecule has 1 aromatic rings. The molecule has 1 saturated heterocycles. The van der Waals surface area contributed by atoms with Gasteiger partial charge in [0.15, 0.2) is 0 Å². The first kappa shape index (κ1) is 15.6. The van der Waals surface area contributed by atoms with Crippen LogP contribution in [0.25, 0.3) is 0 Å². The molecule has 0 saturated carbocycles. The van der Waals surface area contributed by atoms with E-state index in [1.807, 2.05) is 0 Å². The van der Waals surface area contributed by atoms with Gasteiger partial charge in [-0.25, -0.2) is 4.79 Å². The van der Waals surface area contributed by atoms with Gasteiger partial charge in [-0.15, -0.1) is 0 Å². The highest BCUT2D eigenvalue weighted by molar-refractivity contribution is 7.90. The number of carboxylic acid groups (broad SMARTS) is 1. The summed E-state index contributed by atoms with van der Waals surface area (Å²) in [6, 6.07) is 4.07. The Bertz CT molecular complexity index is 622. The van der Waals surface area contributed by atoms with E-state index in [9.17, 15) is 13.2 Å². The lowest BCUT2D eigenvalue weighted by Gasteiger charge is -2.21. The molecule has 0 bridgehead atoms. The molecule has 8 heteroatoms. The highest BCUT2D eigenvalue weighted by Crippen LogP contribution is 2.22. The molecule has 0 radical (unpaired) electrons. The van der Waals surface area contributed by atoms with Crippen molar-refractivity contribution in [2.45, 2.75) is 25.7 Å². The molecule has 0 amide bonds. The molecule has 0 aliphatic carbocycles. The highest BCUT2D eigenvalue weighted by Gasteiger charge is 2.24. The van der Waals surface area contributed by atoms with Crippen molar-refractivity contribution in [3.8, 4) is 0 Å². The molecular weight excluding hydrogens is 294 g/mol. The molecule has 1 aliphatic heterocycles. The topological polar surface area (TPSA) is 113 Å². The zero-order chi connectivity index (χ0) is 15.5. The number of carbonyl (C=O) groups is 1. The van der Waals surface area contributed by atoms with Crippen LogP contribution in [-0.4, -0.2) is 36.9 Å². The minimum absolute atomic E-state index is 0.0287. The van der Waals surface area contributed by atoms with Gasteiger partial charge in [-0.05, 0) is 31.0 Å². The maximum Gasteiger partial charge on any atom is 0.337 e. The second-order valence-electron chi connectivity index (χ2n) is 5.03. The molecule has 1 heterocycles. The van der Waals surface area contributed by atoms with Crippen LogP contribution in [0.4, 0.5) is 11.4 Å². The van der Waals surface area contributed by atoms with Crippen LogP contribution in [0.5, 0.6) is 0 Å². The summed E-state index contributed by atoms with van der Waals surface area (Å²) in [4.78, 5) is 11.2. The van der Waals surface area contributed by atoms with E-state index in [2.05, 4.69) is 4.72 Å². The second kappa shape index (κ2) is 6.31. The van der Waals surface area contributed by atoms with Gasteiger partial charge in [0.1, 0.15) is 0 Å². The van der Waals surface area contributed by atoms with Gasteiger partial charge in [-0.2, -0.15) is 12.7 Å². The molecule has 7 nitrogen and oxygen atoms in total. The molecule has 2 rings (SSSR count). The standard InChI is InChI=1S/C13H19N3O4S/c14-10-5-6-12(11(9-10)13(17)18)15-21(19,20)16-7-3-1-2-4-8-16/h5-6,9,15H,1-4,7-8,14H2,(H,17,18). The number of rotatable bonds is 4. The average molecular weight is 313 g/mol. The molecule has 0 atom stereocenters. The van der Waals surface area contributed by atoms with Gasteiger partial charge in [0.2, 0.25) is 0 Å². The Hall–Kier alpha value is -1.80. The number of nitrogens with two attached hydrogens (primary N) is 1. The van der Waals surface area contributed by atoms with E-state index in [0.29, 0.717) is 13.1 Å². The molecule has 1 aliphatic rings. The molecule has 0 unspecified atom stereocenters. The van der Waals surface area contributed by atoms with E-state index < -0.39 is 16.2 Å². The summed E-state index contributed by atoms with van der Waals surface area (Å²) in [7, 11) is -3.75. The molecule has 21 heavy (non-hydrogen) atoms. The van der Waals surface area contributed by atoms with Crippen LogP contribution in [0.3, 0.4) is 0 Å². The number of carboxylic acids is 1. The van der Waals surface area contributed by atoms with E-state index >= 15 is 0 Å². The number of aromatic carboxylic acids is 1. The van der Waals surface area contributed by atoms with E-state index in [0.717, 1.165) is 25.7 Å². The lowest BCUT2D eigenvalue weighted by Crippen LogP contribution is -2.36. The van der Waals surface area contributed by atoms with E-state index in [4.69, 9.17) is 10.8 Å². The third-order valence-corrected chi connectivity index (χ3v) is 4.94. The molecule has 4 N–H and O–H groups in total. The maximum absolute atomic E-state index is 12.4. The van der Waals surface area contributed by atoms with Gasteiger partial charge in [-0.3, -0.25) is 4.72 Å². The van der Waals surface area contributed by atoms with Gasteiger partial charge in [0, 0.05) is 18.8 Å². The largest absolute Gasteiger partial charge is 0.478 e. The number of nitrogen functional groups attached to an aromatic ring is 1. The summed E-state index contributed by atoms with van der Waals surface area (Å²) in [6.07, 6.45) is 3.64. The molecule has 1 aromatic carbocycles. The summed E-state index contributed by atoms with van der Waals surface area (Å²) >= 11 is 0. The number of anilines is 2. The number of hydrogen-bond acceptors (Lipinski definition) is 4. The third kappa shape index (κ3) is 3.85. The third-order valence-electron chi connectivity index (χ3n) is 3.42. The summed E-state index contributed by atoms with van der Waals surface area (Å²) in [5.41, 5.74) is 5.68. The predicted molar refractivity (Wildman–Crippen MR) is 80.4 cm³/mol. The fourth-order valence-corrected chi connectivity index (χ4v) is 3.64. The lowest BCUT2D eigenvalue weighted by molar-refractivity contribution is 0.0698. The number of benzene rings is 1. The first-order chi connectivity index (χ1) is 9.90.